The summed E-state index contributed by atoms with van der Waals surface area (Å²) in [5.41, 5.74) is 4.13. The van der Waals surface area contributed by atoms with Crippen molar-refractivity contribution in [3.63, 3.8) is 0 Å². The predicted octanol–water partition coefficient (Wildman–Crippen LogP) is 2.90. The molecule has 1 N–H and O–H groups in total. The number of nitrogens with zero attached hydrogens (tertiary/aromatic N) is 4. The number of amides is 1. The average molecular weight is 377 g/mol. The number of fused-ring (bicyclic) bond motifs is 1. The molecular formula is C22H27N5O. The van der Waals surface area contributed by atoms with Crippen LogP contribution in [0.1, 0.15) is 12.7 Å². The van der Waals surface area contributed by atoms with Crippen molar-refractivity contribution in [1.82, 2.24) is 14.5 Å². The van der Waals surface area contributed by atoms with Crippen molar-refractivity contribution in [3.05, 3.63) is 54.4 Å². The topological polar surface area (TPSA) is 53.4 Å². The third-order valence-electron chi connectivity index (χ3n) is 5.44. The van der Waals surface area contributed by atoms with Gasteiger partial charge in [-0.15, -0.1) is 0 Å². The highest BCUT2D eigenvalue weighted by Crippen LogP contribution is 2.21. The highest BCUT2D eigenvalue weighted by atomic mass is 16.1. The summed E-state index contributed by atoms with van der Waals surface area (Å²) >= 11 is 0. The first-order chi connectivity index (χ1) is 13.6. The maximum atomic E-state index is 11.3. The zero-order valence-corrected chi connectivity index (χ0v) is 16.6. The molecular weight excluding hydrogens is 350 g/mol. The number of anilines is 2. The fourth-order valence-corrected chi connectivity index (χ4v) is 3.88. The molecule has 1 amide bonds. The van der Waals surface area contributed by atoms with E-state index in [1.165, 1.54) is 12.6 Å². The Labute approximate surface area is 165 Å². The first kappa shape index (κ1) is 18.5. The minimum atomic E-state index is -0.0647. The van der Waals surface area contributed by atoms with Crippen LogP contribution in [0.3, 0.4) is 0 Å². The SMILES string of the molecule is CC(=O)Nc1ccc2c(c1)nc(CCN1CCN(c3ccccc3)CC1)n2C. The lowest BCUT2D eigenvalue weighted by atomic mass is 10.2. The molecule has 1 aliphatic rings. The van der Waals surface area contributed by atoms with Gasteiger partial charge >= 0.3 is 0 Å². The van der Waals surface area contributed by atoms with E-state index in [1.807, 2.05) is 18.2 Å². The number of aryl methyl sites for hydroxylation is 1. The largest absolute Gasteiger partial charge is 0.369 e. The Kier molecular flexibility index (Phi) is 5.30. The Morgan fingerprint density at radius 2 is 1.82 bits per heavy atom. The van der Waals surface area contributed by atoms with E-state index in [0.717, 1.165) is 61.7 Å². The van der Waals surface area contributed by atoms with Crippen LogP contribution in [-0.4, -0.2) is 53.1 Å². The fourth-order valence-electron chi connectivity index (χ4n) is 3.88. The second kappa shape index (κ2) is 8.02. The fraction of sp³-hybridized carbons (Fsp3) is 0.364. The molecule has 2 aromatic carbocycles. The highest BCUT2D eigenvalue weighted by Gasteiger charge is 2.18. The van der Waals surface area contributed by atoms with Crippen molar-refractivity contribution in [2.75, 3.05) is 42.9 Å². The number of aromatic nitrogens is 2. The van der Waals surface area contributed by atoms with E-state index in [-0.39, 0.29) is 5.91 Å². The molecule has 1 aliphatic heterocycles. The first-order valence-electron chi connectivity index (χ1n) is 9.85. The maximum Gasteiger partial charge on any atom is 0.221 e. The summed E-state index contributed by atoms with van der Waals surface area (Å²) < 4.78 is 2.16. The average Bonchev–Trinajstić information content (AvgIpc) is 3.02. The van der Waals surface area contributed by atoms with Crippen molar-refractivity contribution in [2.45, 2.75) is 13.3 Å². The van der Waals surface area contributed by atoms with E-state index < -0.39 is 0 Å². The molecule has 6 nitrogen and oxygen atoms in total. The molecule has 1 fully saturated rings. The number of benzene rings is 2. The lowest BCUT2D eigenvalue weighted by Gasteiger charge is -2.36. The van der Waals surface area contributed by atoms with E-state index in [2.05, 4.69) is 57.1 Å². The van der Waals surface area contributed by atoms with Crippen LogP contribution < -0.4 is 10.2 Å². The van der Waals surface area contributed by atoms with Crippen LogP contribution in [0.2, 0.25) is 0 Å². The molecule has 0 aliphatic carbocycles. The van der Waals surface area contributed by atoms with Crippen LogP contribution in [0, 0.1) is 0 Å². The van der Waals surface area contributed by atoms with Crippen molar-refractivity contribution < 1.29 is 4.79 Å². The van der Waals surface area contributed by atoms with Gasteiger partial charge < -0.3 is 14.8 Å². The Hall–Kier alpha value is -2.86. The van der Waals surface area contributed by atoms with E-state index in [4.69, 9.17) is 4.98 Å². The van der Waals surface area contributed by atoms with Crippen molar-refractivity contribution in [3.8, 4) is 0 Å². The number of nitrogens with one attached hydrogen (secondary N) is 1. The highest BCUT2D eigenvalue weighted by molar-refractivity contribution is 5.91. The van der Waals surface area contributed by atoms with Crippen LogP contribution in [0.25, 0.3) is 11.0 Å². The minimum absolute atomic E-state index is 0.0647. The quantitative estimate of drug-likeness (QED) is 0.743. The Bertz CT molecular complexity index is 958. The number of para-hydroxylation sites is 1. The molecule has 1 aromatic heterocycles. The number of carbonyl (C=O) groups excluding carboxylic acids is 1. The van der Waals surface area contributed by atoms with Crippen molar-refractivity contribution in [1.29, 1.82) is 0 Å². The van der Waals surface area contributed by atoms with Crippen molar-refractivity contribution >= 4 is 28.3 Å². The number of piperazine rings is 1. The zero-order chi connectivity index (χ0) is 19.5. The van der Waals surface area contributed by atoms with Crippen LogP contribution in [0.5, 0.6) is 0 Å². The van der Waals surface area contributed by atoms with Crippen LogP contribution >= 0.6 is 0 Å². The molecule has 146 valence electrons. The molecule has 2 heterocycles. The number of hydrogen-bond acceptors (Lipinski definition) is 4. The smallest absolute Gasteiger partial charge is 0.221 e. The Morgan fingerprint density at radius 3 is 2.54 bits per heavy atom. The number of imidazole rings is 1. The van der Waals surface area contributed by atoms with E-state index >= 15 is 0 Å². The van der Waals surface area contributed by atoms with Gasteiger partial charge in [0.05, 0.1) is 11.0 Å². The Balaban J connectivity index is 1.36. The lowest BCUT2D eigenvalue weighted by Crippen LogP contribution is -2.47. The van der Waals surface area contributed by atoms with Gasteiger partial charge in [-0.3, -0.25) is 9.69 Å². The van der Waals surface area contributed by atoms with Gasteiger partial charge in [-0.2, -0.15) is 0 Å². The van der Waals surface area contributed by atoms with Gasteiger partial charge in [-0.05, 0) is 30.3 Å². The number of rotatable bonds is 5. The summed E-state index contributed by atoms with van der Waals surface area (Å²) in [6, 6.07) is 16.5. The summed E-state index contributed by atoms with van der Waals surface area (Å²) in [5, 5.41) is 2.83. The number of hydrogen-bond donors (Lipinski definition) is 1. The minimum Gasteiger partial charge on any atom is -0.369 e. The van der Waals surface area contributed by atoms with Gasteiger partial charge in [0.25, 0.3) is 0 Å². The van der Waals surface area contributed by atoms with Crippen molar-refractivity contribution in [2.24, 2.45) is 7.05 Å². The molecule has 0 bridgehead atoms. The van der Waals surface area contributed by atoms with Gasteiger partial charge in [0, 0.05) is 64.5 Å². The molecule has 3 aromatic rings. The standard InChI is InChI=1S/C22H27N5O/c1-17(28)23-18-8-9-21-20(16-18)24-22(25(21)2)10-11-26-12-14-27(15-13-26)19-6-4-3-5-7-19/h3-9,16H,10-15H2,1-2H3,(H,23,28). The summed E-state index contributed by atoms with van der Waals surface area (Å²) in [6.45, 7) is 6.81. The Morgan fingerprint density at radius 1 is 1.07 bits per heavy atom. The van der Waals surface area contributed by atoms with E-state index in [1.54, 1.807) is 0 Å². The second-order valence-corrected chi connectivity index (χ2v) is 7.39. The second-order valence-electron chi connectivity index (χ2n) is 7.39. The summed E-state index contributed by atoms with van der Waals surface area (Å²) in [4.78, 5) is 21.0. The first-order valence-corrected chi connectivity index (χ1v) is 9.85. The molecule has 0 spiro atoms. The van der Waals surface area contributed by atoms with Gasteiger partial charge in [0.2, 0.25) is 5.91 Å². The summed E-state index contributed by atoms with van der Waals surface area (Å²) in [5.74, 6) is 1.02. The van der Waals surface area contributed by atoms with Crippen LogP contribution in [0.4, 0.5) is 11.4 Å². The molecule has 0 radical (unpaired) electrons. The van der Waals surface area contributed by atoms with Crippen LogP contribution in [-0.2, 0) is 18.3 Å². The molecule has 0 unspecified atom stereocenters. The maximum absolute atomic E-state index is 11.3. The van der Waals surface area contributed by atoms with E-state index in [0.29, 0.717) is 0 Å². The molecule has 0 saturated carbocycles. The molecule has 0 atom stereocenters. The zero-order valence-electron chi connectivity index (χ0n) is 16.6. The van der Waals surface area contributed by atoms with Gasteiger partial charge in [0.15, 0.2) is 0 Å². The number of carbonyl (C=O) groups is 1. The third kappa shape index (κ3) is 4.02. The summed E-state index contributed by atoms with van der Waals surface area (Å²) in [6.07, 6.45) is 0.923. The predicted molar refractivity (Wildman–Crippen MR) is 114 cm³/mol. The van der Waals surface area contributed by atoms with E-state index in [9.17, 15) is 4.79 Å². The monoisotopic (exact) mass is 377 g/mol. The third-order valence-corrected chi connectivity index (χ3v) is 5.44. The van der Waals surface area contributed by atoms with Gasteiger partial charge in [0.1, 0.15) is 5.82 Å². The molecule has 28 heavy (non-hydrogen) atoms. The molecule has 4 rings (SSSR count). The lowest BCUT2D eigenvalue weighted by molar-refractivity contribution is -0.114. The van der Waals surface area contributed by atoms with Crippen LogP contribution in [0.15, 0.2) is 48.5 Å². The summed E-state index contributed by atoms with van der Waals surface area (Å²) in [7, 11) is 2.07. The van der Waals surface area contributed by atoms with Gasteiger partial charge in [-0.25, -0.2) is 4.98 Å². The molecule has 1 saturated heterocycles. The van der Waals surface area contributed by atoms with Gasteiger partial charge in [-0.1, -0.05) is 18.2 Å². The normalized spacial score (nSPS) is 15.1. The molecule has 6 heteroatoms.